The van der Waals surface area contributed by atoms with Gasteiger partial charge in [0.15, 0.2) is 0 Å². The zero-order chi connectivity index (χ0) is 15.6. The normalized spacial score (nSPS) is 13.7. The summed E-state index contributed by atoms with van der Waals surface area (Å²) in [5, 5.41) is 5.14. The highest BCUT2D eigenvalue weighted by Gasteiger charge is 2.10. The van der Waals surface area contributed by atoms with Crippen LogP contribution in [0, 0.1) is 0 Å². The van der Waals surface area contributed by atoms with Crippen molar-refractivity contribution < 1.29 is 4.74 Å². The minimum atomic E-state index is 0.668. The molecule has 0 radical (unpaired) electrons. The SMILES string of the molecule is Clc1ccc2c(Nc3ccc(C4=NCCO4)cc3)ccnc2c1. The molecule has 4 rings (SSSR count). The van der Waals surface area contributed by atoms with Crippen molar-refractivity contribution in [2.75, 3.05) is 18.5 Å². The molecule has 2 heterocycles. The molecule has 5 heteroatoms. The van der Waals surface area contributed by atoms with Gasteiger partial charge >= 0.3 is 0 Å². The van der Waals surface area contributed by atoms with Gasteiger partial charge in [-0.25, -0.2) is 4.99 Å². The molecule has 0 unspecified atom stereocenters. The largest absolute Gasteiger partial charge is 0.476 e. The third kappa shape index (κ3) is 2.85. The van der Waals surface area contributed by atoms with Crippen LogP contribution in [0.5, 0.6) is 0 Å². The number of ether oxygens (including phenoxy) is 1. The van der Waals surface area contributed by atoms with E-state index in [1.165, 1.54) is 0 Å². The summed E-state index contributed by atoms with van der Waals surface area (Å²) in [5.41, 5.74) is 3.86. The molecule has 0 amide bonds. The minimum absolute atomic E-state index is 0.668. The number of pyridine rings is 1. The van der Waals surface area contributed by atoms with E-state index in [1.807, 2.05) is 48.5 Å². The molecule has 0 aliphatic carbocycles. The summed E-state index contributed by atoms with van der Waals surface area (Å²) in [7, 11) is 0. The van der Waals surface area contributed by atoms with Gasteiger partial charge < -0.3 is 10.1 Å². The highest BCUT2D eigenvalue weighted by atomic mass is 35.5. The van der Waals surface area contributed by atoms with E-state index in [0.29, 0.717) is 11.6 Å². The minimum Gasteiger partial charge on any atom is -0.476 e. The molecular formula is C18H14ClN3O. The van der Waals surface area contributed by atoms with E-state index in [1.54, 1.807) is 6.20 Å². The van der Waals surface area contributed by atoms with Crippen LogP contribution in [0.3, 0.4) is 0 Å². The number of hydrogen-bond acceptors (Lipinski definition) is 4. The molecule has 0 saturated heterocycles. The molecule has 0 saturated carbocycles. The molecule has 2 aromatic carbocycles. The predicted octanol–water partition coefficient (Wildman–Crippen LogP) is 4.41. The van der Waals surface area contributed by atoms with Crippen LogP contribution in [0.2, 0.25) is 5.02 Å². The first kappa shape index (κ1) is 14.0. The molecule has 1 aliphatic heterocycles. The van der Waals surface area contributed by atoms with Crippen molar-refractivity contribution in [1.82, 2.24) is 4.98 Å². The van der Waals surface area contributed by atoms with E-state index in [9.17, 15) is 0 Å². The van der Waals surface area contributed by atoms with Gasteiger partial charge in [0.1, 0.15) is 6.61 Å². The van der Waals surface area contributed by atoms with Gasteiger partial charge in [-0.15, -0.1) is 0 Å². The monoisotopic (exact) mass is 323 g/mol. The second kappa shape index (κ2) is 5.89. The molecule has 0 atom stereocenters. The first-order chi connectivity index (χ1) is 11.3. The molecule has 3 aromatic rings. The summed E-state index contributed by atoms with van der Waals surface area (Å²) >= 11 is 6.03. The average molecular weight is 324 g/mol. The van der Waals surface area contributed by atoms with Crippen molar-refractivity contribution in [2.24, 2.45) is 4.99 Å². The lowest BCUT2D eigenvalue weighted by Crippen LogP contribution is -2.01. The maximum absolute atomic E-state index is 6.03. The summed E-state index contributed by atoms with van der Waals surface area (Å²) < 4.78 is 5.47. The quantitative estimate of drug-likeness (QED) is 0.776. The third-order valence-electron chi connectivity index (χ3n) is 3.70. The Labute approximate surface area is 138 Å². The van der Waals surface area contributed by atoms with Crippen LogP contribution in [0.25, 0.3) is 10.9 Å². The zero-order valence-corrected chi connectivity index (χ0v) is 13.0. The topological polar surface area (TPSA) is 46.5 Å². The number of halogens is 1. The number of aromatic nitrogens is 1. The molecule has 1 aliphatic rings. The van der Waals surface area contributed by atoms with E-state index in [4.69, 9.17) is 16.3 Å². The standard InChI is InChI=1S/C18H14ClN3O/c19-13-3-6-15-16(7-8-20-17(15)11-13)22-14-4-1-12(2-5-14)18-21-9-10-23-18/h1-8,11H,9-10H2,(H,20,22). The number of aliphatic imine (C=N–C) groups is 1. The number of fused-ring (bicyclic) bond motifs is 1. The average Bonchev–Trinajstić information content (AvgIpc) is 3.10. The van der Waals surface area contributed by atoms with E-state index >= 15 is 0 Å². The van der Waals surface area contributed by atoms with Crippen LogP contribution in [-0.2, 0) is 4.74 Å². The maximum Gasteiger partial charge on any atom is 0.216 e. The molecule has 4 nitrogen and oxygen atoms in total. The fourth-order valence-corrected chi connectivity index (χ4v) is 2.76. The van der Waals surface area contributed by atoms with Crippen LogP contribution in [0.1, 0.15) is 5.56 Å². The summed E-state index contributed by atoms with van der Waals surface area (Å²) in [5.74, 6) is 0.723. The van der Waals surface area contributed by atoms with Crippen molar-refractivity contribution in [2.45, 2.75) is 0 Å². The first-order valence-corrected chi connectivity index (χ1v) is 7.76. The molecule has 0 spiro atoms. The van der Waals surface area contributed by atoms with Crippen molar-refractivity contribution in [3.63, 3.8) is 0 Å². The summed E-state index contributed by atoms with van der Waals surface area (Å²) in [6.07, 6.45) is 1.77. The van der Waals surface area contributed by atoms with E-state index < -0.39 is 0 Å². The van der Waals surface area contributed by atoms with Crippen LogP contribution in [-0.4, -0.2) is 24.0 Å². The Balaban J connectivity index is 1.63. The Bertz CT molecular complexity index is 890. The van der Waals surface area contributed by atoms with Gasteiger partial charge in [-0.3, -0.25) is 4.98 Å². The molecule has 23 heavy (non-hydrogen) atoms. The lowest BCUT2D eigenvalue weighted by Gasteiger charge is -2.10. The van der Waals surface area contributed by atoms with Crippen molar-refractivity contribution >= 4 is 39.8 Å². The fourth-order valence-electron chi connectivity index (χ4n) is 2.59. The number of anilines is 2. The number of benzene rings is 2. The van der Waals surface area contributed by atoms with Crippen molar-refractivity contribution in [1.29, 1.82) is 0 Å². The van der Waals surface area contributed by atoms with E-state index in [0.717, 1.165) is 40.3 Å². The lowest BCUT2D eigenvalue weighted by molar-refractivity contribution is 0.348. The number of rotatable bonds is 3. The number of nitrogens with zero attached hydrogens (tertiary/aromatic N) is 2. The molecule has 114 valence electrons. The van der Waals surface area contributed by atoms with Crippen molar-refractivity contribution in [3.05, 3.63) is 65.3 Å². The number of hydrogen-bond donors (Lipinski definition) is 1. The third-order valence-corrected chi connectivity index (χ3v) is 3.94. The fraction of sp³-hybridized carbons (Fsp3) is 0.111. The van der Waals surface area contributed by atoms with Crippen LogP contribution in [0.4, 0.5) is 11.4 Å². The predicted molar refractivity (Wildman–Crippen MR) is 93.8 cm³/mol. The van der Waals surface area contributed by atoms with Gasteiger partial charge in [0.05, 0.1) is 12.1 Å². The molecular weight excluding hydrogens is 310 g/mol. The lowest BCUT2D eigenvalue weighted by atomic mass is 10.1. The molecule has 0 fully saturated rings. The van der Waals surface area contributed by atoms with Crippen LogP contribution < -0.4 is 5.32 Å². The summed E-state index contributed by atoms with van der Waals surface area (Å²) in [6, 6.07) is 15.7. The maximum atomic E-state index is 6.03. The van der Waals surface area contributed by atoms with Gasteiger partial charge in [0, 0.05) is 33.5 Å². The second-order valence-electron chi connectivity index (χ2n) is 5.26. The molecule has 1 aromatic heterocycles. The van der Waals surface area contributed by atoms with Crippen LogP contribution in [0.15, 0.2) is 59.7 Å². The van der Waals surface area contributed by atoms with Gasteiger partial charge in [0.25, 0.3) is 0 Å². The summed E-state index contributed by atoms with van der Waals surface area (Å²) in [4.78, 5) is 8.68. The Kier molecular flexibility index (Phi) is 3.60. The van der Waals surface area contributed by atoms with E-state index in [2.05, 4.69) is 15.3 Å². The van der Waals surface area contributed by atoms with Crippen LogP contribution >= 0.6 is 11.6 Å². The smallest absolute Gasteiger partial charge is 0.216 e. The van der Waals surface area contributed by atoms with Gasteiger partial charge in [-0.2, -0.15) is 0 Å². The van der Waals surface area contributed by atoms with E-state index in [-0.39, 0.29) is 0 Å². The Morgan fingerprint density at radius 3 is 2.70 bits per heavy atom. The van der Waals surface area contributed by atoms with Crippen molar-refractivity contribution in [3.8, 4) is 0 Å². The van der Waals surface area contributed by atoms with Gasteiger partial charge in [0.2, 0.25) is 5.90 Å². The van der Waals surface area contributed by atoms with Gasteiger partial charge in [-0.05, 0) is 48.5 Å². The second-order valence-corrected chi connectivity index (χ2v) is 5.69. The Hall–Kier alpha value is -2.59. The number of nitrogens with one attached hydrogen (secondary N) is 1. The Morgan fingerprint density at radius 1 is 1.04 bits per heavy atom. The highest BCUT2D eigenvalue weighted by molar-refractivity contribution is 6.31. The molecule has 1 N–H and O–H groups in total. The Morgan fingerprint density at radius 2 is 1.91 bits per heavy atom. The van der Waals surface area contributed by atoms with Gasteiger partial charge in [-0.1, -0.05) is 11.6 Å². The highest BCUT2D eigenvalue weighted by Crippen LogP contribution is 2.27. The zero-order valence-electron chi connectivity index (χ0n) is 12.3. The molecule has 0 bridgehead atoms. The summed E-state index contributed by atoms with van der Waals surface area (Å²) in [6.45, 7) is 1.40. The first-order valence-electron chi connectivity index (χ1n) is 7.38.